The molecule has 0 aromatic heterocycles. The van der Waals surface area contributed by atoms with E-state index < -0.39 is 5.91 Å². The minimum Gasteiger partial charge on any atom is -0.492 e. The number of benzene rings is 3. The van der Waals surface area contributed by atoms with Crippen LogP contribution < -0.4 is 15.8 Å². The van der Waals surface area contributed by atoms with Crippen LogP contribution in [0.3, 0.4) is 0 Å². The lowest BCUT2D eigenvalue weighted by Crippen LogP contribution is -2.16. The first-order valence-electron chi connectivity index (χ1n) is 8.70. The summed E-state index contributed by atoms with van der Waals surface area (Å²) in [5.41, 5.74) is 7.66. The van der Waals surface area contributed by atoms with Crippen molar-refractivity contribution in [3.05, 3.63) is 94.0 Å². The highest BCUT2D eigenvalue weighted by molar-refractivity contribution is 9.10. The second-order valence-electron chi connectivity index (χ2n) is 6.12. The smallest absolute Gasteiger partial charge is 0.259 e. The molecule has 0 aliphatic rings. The summed E-state index contributed by atoms with van der Waals surface area (Å²) in [5.74, 6) is -0.399. The van der Waals surface area contributed by atoms with Crippen molar-refractivity contribution in [1.29, 1.82) is 0 Å². The maximum atomic E-state index is 12.8. The zero-order valence-corrected chi connectivity index (χ0v) is 16.6. The van der Waals surface area contributed by atoms with Crippen LogP contribution in [0.5, 0.6) is 5.75 Å². The lowest BCUT2D eigenvalue weighted by atomic mass is 10.1. The van der Waals surface area contributed by atoms with Crippen LogP contribution >= 0.6 is 15.9 Å². The molecule has 0 bridgehead atoms. The molecule has 6 heteroatoms. The fourth-order valence-electron chi connectivity index (χ4n) is 2.68. The highest BCUT2D eigenvalue weighted by Crippen LogP contribution is 2.25. The van der Waals surface area contributed by atoms with Gasteiger partial charge in [0.1, 0.15) is 5.75 Å². The van der Waals surface area contributed by atoms with Gasteiger partial charge >= 0.3 is 0 Å². The highest BCUT2D eigenvalue weighted by atomic mass is 79.9. The van der Waals surface area contributed by atoms with E-state index in [0.29, 0.717) is 29.2 Å². The predicted octanol–water partition coefficient (Wildman–Crippen LogP) is 4.42. The number of halogens is 1. The maximum Gasteiger partial charge on any atom is 0.259 e. The standard InChI is InChI=1S/C22H19BrN2O3/c23-17-9-10-20(28-12-11-15-5-2-1-3-6-15)19(14-17)22(27)25-18-8-4-7-16(13-18)21(24)26/h1-10,13-14H,11-12H2,(H2,24,26)(H,25,27). The third kappa shape index (κ3) is 5.20. The van der Waals surface area contributed by atoms with Gasteiger partial charge < -0.3 is 15.8 Å². The molecule has 2 amide bonds. The van der Waals surface area contributed by atoms with Crippen molar-refractivity contribution >= 4 is 33.4 Å². The first-order chi connectivity index (χ1) is 13.5. The number of nitrogens with one attached hydrogen (secondary N) is 1. The summed E-state index contributed by atoms with van der Waals surface area (Å²) in [4.78, 5) is 24.1. The second-order valence-corrected chi connectivity index (χ2v) is 7.04. The van der Waals surface area contributed by atoms with Crippen LogP contribution in [0.4, 0.5) is 5.69 Å². The van der Waals surface area contributed by atoms with Crippen molar-refractivity contribution in [1.82, 2.24) is 0 Å². The topological polar surface area (TPSA) is 81.4 Å². The molecule has 0 radical (unpaired) electrons. The molecule has 0 unspecified atom stereocenters. The largest absolute Gasteiger partial charge is 0.492 e. The van der Waals surface area contributed by atoms with Gasteiger partial charge in [-0.25, -0.2) is 0 Å². The molecule has 0 aliphatic carbocycles. The molecular weight excluding hydrogens is 420 g/mol. The first-order valence-corrected chi connectivity index (χ1v) is 9.50. The fraction of sp³-hybridized carbons (Fsp3) is 0.0909. The Bertz CT molecular complexity index is 990. The summed E-state index contributed by atoms with van der Waals surface area (Å²) in [5, 5.41) is 2.78. The van der Waals surface area contributed by atoms with Crippen LogP contribution in [-0.4, -0.2) is 18.4 Å². The first kappa shape index (κ1) is 19.6. The average Bonchev–Trinajstić information content (AvgIpc) is 2.70. The monoisotopic (exact) mass is 438 g/mol. The zero-order valence-electron chi connectivity index (χ0n) is 15.0. The summed E-state index contributed by atoms with van der Waals surface area (Å²) in [6, 6.07) is 21.7. The highest BCUT2D eigenvalue weighted by Gasteiger charge is 2.14. The normalized spacial score (nSPS) is 10.3. The van der Waals surface area contributed by atoms with E-state index in [9.17, 15) is 9.59 Å². The minimum absolute atomic E-state index is 0.325. The van der Waals surface area contributed by atoms with Gasteiger partial charge in [0.2, 0.25) is 5.91 Å². The third-order valence-corrected chi connectivity index (χ3v) is 4.58. The summed E-state index contributed by atoms with van der Waals surface area (Å²) >= 11 is 3.39. The molecule has 0 atom stereocenters. The van der Waals surface area contributed by atoms with E-state index in [4.69, 9.17) is 10.5 Å². The zero-order chi connectivity index (χ0) is 19.9. The van der Waals surface area contributed by atoms with Crippen molar-refractivity contribution in [2.75, 3.05) is 11.9 Å². The number of amides is 2. The van der Waals surface area contributed by atoms with Crippen molar-refractivity contribution in [2.24, 2.45) is 5.73 Å². The lowest BCUT2D eigenvalue weighted by molar-refractivity contribution is 0.0995. The van der Waals surface area contributed by atoms with Gasteiger partial charge in [-0.3, -0.25) is 9.59 Å². The summed E-state index contributed by atoms with van der Waals surface area (Å²) in [7, 11) is 0. The van der Waals surface area contributed by atoms with E-state index in [0.717, 1.165) is 16.5 Å². The number of anilines is 1. The van der Waals surface area contributed by atoms with Crippen molar-refractivity contribution < 1.29 is 14.3 Å². The van der Waals surface area contributed by atoms with Gasteiger partial charge in [-0.1, -0.05) is 52.3 Å². The van der Waals surface area contributed by atoms with Gasteiger partial charge in [-0.15, -0.1) is 0 Å². The Balaban J connectivity index is 1.73. The number of hydrogen-bond donors (Lipinski definition) is 2. The number of ether oxygens (including phenoxy) is 1. The van der Waals surface area contributed by atoms with Gasteiger partial charge in [0, 0.05) is 22.1 Å². The molecule has 0 spiro atoms. The molecule has 3 aromatic rings. The van der Waals surface area contributed by atoms with Crippen molar-refractivity contribution in [2.45, 2.75) is 6.42 Å². The molecule has 5 nitrogen and oxygen atoms in total. The summed E-state index contributed by atoms with van der Waals surface area (Å²) in [6.45, 7) is 0.448. The molecular formula is C22H19BrN2O3. The summed E-state index contributed by atoms with van der Waals surface area (Å²) in [6.07, 6.45) is 0.735. The lowest BCUT2D eigenvalue weighted by Gasteiger charge is -2.13. The molecule has 0 aliphatic heterocycles. The summed E-state index contributed by atoms with van der Waals surface area (Å²) < 4.78 is 6.62. The van der Waals surface area contributed by atoms with Crippen molar-refractivity contribution in [3.63, 3.8) is 0 Å². The number of hydrogen-bond acceptors (Lipinski definition) is 3. The number of nitrogens with two attached hydrogens (primary N) is 1. The third-order valence-electron chi connectivity index (χ3n) is 4.08. The molecule has 3 N–H and O–H groups in total. The number of carbonyl (C=O) groups excluding carboxylic acids is 2. The van der Waals surface area contributed by atoms with Gasteiger partial charge in [0.25, 0.3) is 5.91 Å². The van der Waals surface area contributed by atoms with E-state index in [1.54, 1.807) is 30.3 Å². The van der Waals surface area contributed by atoms with Gasteiger partial charge in [-0.05, 0) is 42.0 Å². The molecule has 142 valence electrons. The van der Waals surface area contributed by atoms with Crippen LogP contribution in [0.1, 0.15) is 26.3 Å². The molecule has 3 aromatic carbocycles. The van der Waals surface area contributed by atoms with Crippen LogP contribution in [0.2, 0.25) is 0 Å². The Hall–Kier alpha value is -3.12. The van der Waals surface area contributed by atoms with Gasteiger partial charge in [-0.2, -0.15) is 0 Å². The Morgan fingerprint density at radius 1 is 0.964 bits per heavy atom. The van der Waals surface area contributed by atoms with Crippen molar-refractivity contribution in [3.8, 4) is 5.75 Å². The molecule has 0 fully saturated rings. The number of carbonyl (C=O) groups is 2. The average molecular weight is 439 g/mol. The Morgan fingerprint density at radius 2 is 1.75 bits per heavy atom. The minimum atomic E-state index is -0.552. The Labute approximate surface area is 171 Å². The fourth-order valence-corrected chi connectivity index (χ4v) is 3.04. The van der Waals surface area contributed by atoms with Gasteiger partial charge in [0.15, 0.2) is 0 Å². The predicted molar refractivity (Wildman–Crippen MR) is 113 cm³/mol. The molecule has 0 saturated carbocycles. The SMILES string of the molecule is NC(=O)c1cccc(NC(=O)c2cc(Br)ccc2OCCc2ccccc2)c1. The molecule has 0 heterocycles. The van der Waals surface area contributed by atoms with E-state index in [1.807, 2.05) is 36.4 Å². The number of primary amides is 1. The molecule has 28 heavy (non-hydrogen) atoms. The Kier molecular flexibility index (Phi) is 6.45. The quantitative estimate of drug-likeness (QED) is 0.572. The maximum absolute atomic E-state index is 12.8. The van der Waals surface area contributed by atoms with Crippen LogP contribution in [0, 0.1) is 0 Å². The second kappa shape index (κ2) is 9.19. The van der Waals surface area contributed by atoms with Crippen LogP contribution in [-0.2, 0) is 6.42 Å². The van der Waals surface area contributed by atoms with Crippen LogP contribution in [0.15, 0.2) is 77.3 Å². The molecule has 0 saturated heterocycles. The van der Waals surface area contributed by atoms with Gasteiger partial charge in [0.05, 0.1) is 12.2 Å². The molecule has 3 rings (SSSR count). The van der Waals surface area contributed by atoms with E-state index in [1.165, 1.54) is 6.07 Å². The van der Waals surface area contributed by atoms with E-state index in [2.05, 4.69) is 21.2 Å². The Morgan fingerprint density at radius 3 is 2.50 bits per heavy atom. The van der Waals surface area contributed by atoms with E-state index >= 15 is 0 Å². The number of rotatable bonds is 7. The van der Waals surface area contributed by atoms with Crippen LogP contribution in [0.25, 0.3) is 0 Å². The van der Waals surface area contributed by atoms with E-state index in [-0.39, 0.29) is 5.91 Å².